The van der Waals surface area contributed by atoms with Crippen molar-refractivity contribution >= 4 is 22.6 Å². The van der Waals surface area contributed by atoms with E-state index in [2.05, 4.69) is 15.3 Å². The number of hydrogen-bond acceptors (Lipinski definition) is 4. The molecule has 1 fully saturated rings. The zero-order valence-electron chi connectivity index (χ0n) is 10.6. The van der Waals surface area contributed by atoms with Gasteiger partial charge in [-0.1, -0.05) is 23.7 Å². The van der Waals surface area contributed by atoms with Crippen LogP contribution in [0.15, 0.2) is 24.3 Å². The van der Waals surface area contributed by atoms with Gasteiger partial charge < -0.3 is 10.1 Å². The number of aromatic nitrogens is 2. The summed E-state index contributed by atoms with van der Waals surface area (Å²) in [6.07, 6.45) is 2.39. The van der Waals surface area contributed by atoms with E-state index in [1.54, 1.807) is 0 Å². The number of ether oxygens (including phenoxy) is 1. The summed E-state index contributed by atoms with van der Waals surface area (Å²) in [6, 6.07) is 7.65. The van der Waals surface area contributed by atoms with E-state index in [9.17, 15) is 0 Å². The van der Waals surface area contributed by atoms with E-state index in [1.807, 2.05) is 24.3 Å². The number of nitrogens with one attached hydrogen (secondary N) is 1. The summed E-state index contributed by atoms with van der Waals surface area (Å²) < 4.78 is 5.74. The van der Waals surface area contributed by atoms with E-state index >= 15 is 0 Å². The number of fused-ring (bicyclic) bond motifs is 1. The second-order valence-electron chi connectivity index (χ2n) is 4.83. The molecule has 1 aliphatic heterocycles. The van der Waals surface area contributed by atoms with Crippen molar-refractivity contribution < 1.29 is 4.74 Å². The predicted octanol–water partition coefficient (Wildman–Crippen LogP) is 2.66. The lowest BCUT2D eigenvalue weighted by atomic mass is 10.0. The quantitative estimate of drug-likeness (QED) is 0.937. The molecular weight excluding hydrogens is 262 g/mol. The molecule has 0 amide bonds. The molecule has 3 rings (SSSR count). The largest absolute Gasteiger partial charge is 0.475 e. The van der Waals surface area contributed by atoms with Gasteiger partial charge in [0.15, 0.2) is 5.15 Å². The van der Waals surface area contributed by atoms with Crippen LogP contribution in [-0.4, -0.2) is 29.7 Å². The van der Waals surface area contributed by atoms with Gasteiger partial charge in [-0.25, -0.2) is 9.97 Å². The number of rotatable bonds is 3. The maximum absolute atomic E-state index is 6.11. The Balaban J connectivity index is 1.74. The standard InChI is InChI=1S/C14H16ClN3O/c15-13-14(19-9-10-4-3-7-16-8-10)18-12-6-2-1-5-11(12)17-13/h1-2,5-6,10,16H,3-4,7-9H2/t10-/m0/s1. The van der Waals surface area contributed by atoms with E-state index in [0.717, 1.165) is 24.1 Å². The van der Waals surface area contributed by atoms with Crippen LogP contribution in [0.3, 0.4) is 0 Å². The lowest BCUT2D eigenvalue weighted by molar-refractivity contribution is 0.212. The highest BCUT2D eigenvalue weighted by atomic mass is 35.5. The topological polar surface area (TPSA) is 47.0 Å². The number of hydrogen-bond donors (Lipinski definition) is 1. The van der Waals surface area contributed by atoms with Crippen LogP contribution in [0.1, 0.15) is 12.8 Å². The number of piperidine rings is 1. The maximum Gasteiger partial charge on any atom is 0.252 e. The molecule has 2 aromatic rings. The first-order valence-corrected chi connectivity index (χ1v) is 6.96. The number of nitrogens with zero attached hydrogens (tertiary/aromatic N) is 2. The molecule has 1 atom stereocenters. The van der Waals surface area contributed by atoms with Gasteiger partial charge >= 0.3 is 0 Å². The van der Waals surface area contributed by atoms with E-state index in [4.69, 9.17) is 16.3 Å². The van der Waals surface area contributed by atoms with Crippen molar-refractivity contribution in [1.29, 1.82) is 0 Å². The highest BCUT2D eigenvalue weighted by Gasteiger charge is 2.15. The van der Waals surface area contributed by atoms with Crippen LogP contribution in [0.5, 0.6) is 5.88 Å². The molecule has 0 aliphatic carbocycles. The first kappa shape index (κ1) is 12.6. The van der Waals surface area contributed by atoms with Crippen LogP contribution in [0.25, 0.3) is 11.0 Å². The lowest BCUT2D eigenvalue weighted by Gasteiger charge is -2.22. The first-order valence-electron chi connectivity index (χ1n) is 6.59. The highest BCUT2D eigenvalue weighted by molar-refractivity contribution is 6.31. The van der Waals surface area contributed by atoms with Gasteiger partial charge in [0.1, 0.15) is 0 Å². The molecule has 0 spiro atoms. The number of halogens is 1. The molecule has 4 nitrogen and oxygen atoms in total. The Bertz CT molecular complexity index is 570. The third kappa shape index (κ3) is 2.96. The molecule has 1 aromatic heterocycles. The van der Waals surface area contributed by atoms with Crippen LogP contribution < -0.4 is 10.1 Å². The average Bonchev–Trinajstić information content (AvgIpc) is 2.46. The molecule has 1 saturated heterocycles. The summed E-state index contributed by atoms with van der Waals surface area (Å²) in [4.78, 5) is 8.72. The van der Waals surface area contributed by atoms with Crippen LogP contribution in [0.2, 0.25) is 5.15 Å². The third-order valence-electron chi connectivity index (χ3n) is 3.35. The van der Waals surface area contributed by atoms with E-state index in [0.29, 0.717) is 23.6 Å². The summed E-state index contributed by atoms with van der Waals surface area (Å²) in [5, 5.41) is 3.70. The summed E-state index contributed by atoms with van der Waals surface area (Å²) in [6.45, 7) is 2.74. The van der Waals surface area contributed by atoms with Crippen molar-refractivity contribution in [2.24, 2.45) is 5.92 Å². The molecule has 0 saturated carbocycles. The lowest BCUT2D eigenvalue weighted by Crippen LogP contribution is -2.33. The molecule has 5 heteroatoms. The summed E-state index contributed by atoms with van der Waals surface area (Å²) in [5.41, 5.74) is 1.60. The molecule has 100 valence electrons. The van der Waals surface area contributed by atoms with Crippen LogP contribution in [0, 0.1) is 5.92 Å². The normalized spacial score (nSPS) is 19.5. The first-order chi connectivity index (χ1) is 9.33. The molecule has 2 heterocycles. The van der Waals surface area contributed by atoms with Gasteiger partial charge in [-0.3, -0.25) is 0 Å². The van der Waals surface area contributed by atoms with Crippen LogP contribution in [-0.2, 0) is 0 Å². The van der Waals surface area contributed by atoms with Gasteiger partial charge in [-0.15, -0.1) is 0 Å². The molecule has 0 radical (unpaired) electrons. The minimum atomic E-state index is 0.336. The van der Waals surface area contributed by atoms with Crippen molar-refractivity contribution in [3.05, 3.63) is 29.4 Å². The average molecular weight is 278 g/mol. The summed E-state index contributed by atoms with van der Waals surface area (Å²) in [7, 11) is 0. The molecule has 1 N–H and O–H groups in total. The predicted molar refractivity (Wildman–Crippen MR) is 75.6 cm³/mol. The second-order valence-corrected chi connectivity index (χ2v) is 5.19. The van der Waals surface area contributed by atoms with Gasteiger partial charge in [-0.2, -0.15) is 0 Å². The number of benzene rings is 1. The minimum absolute atomic E-state index is 0.336. The smallest absolute Gasteiger partial charge is 0.252 e. The van der Waals surface area contributed by atoms with Crippen molar-refractivity contribution in [3.63, 3.8) is 0 Å². The fraction of sp³-hybridized carbons (Fsp3) is 0.429. The summed E-state index contributed by atoms with van der Waals surface area (Å²) in [5.74, 6) is 0.962. The molecule has 0 unspecified atom stereocenters. The number of para-hydroxylation sites is 2. The van der Waals surface area contributed by atoms with Crippen LogP contribution >= 0.6 is 11.6 Å². The monoisotopic (exact) mass is 277 g/mol. The van der Waals surface area contributed by atoms with Gasteiger partial charge in [0.25, 0.3) is 5.88 Å². The molecule has 19 heavy (non-hydrogen) atoms. The Kier molecular flexibility index (Phi) is 3.80. The van der Waals surface area contributed by atoms with Crippen molar-refractivity contribution in [3.8, 4) is 5.88 Å². The zero-order chi connectivity index (χ0) is 13.1. The third-order valence-corrected chi connectivity index (χ3v) is 3.60. The van der Waals surface area contributed by atoms with Gasteiger partial charge in [0, 0.05) is 12.5 Å². The molecule has 1 aromatic carbocycles. The molecule has 0 bridgehead atoms. The van der Waals surface area contributed by atoms with Gasteiger partial charge in [0.2, 0.25) is 0 Å². The van der Waals surface area contributed by atoms with Crippen molar-refractivity contribution in [1.82, 2.24) is 15.3 Å². The zero-order valence-corrected chi connectivity index (χ0v) is 11.4. The Morgan fingerprint density at radius 1 is 1.26 bits per heavy atom. The van der Waals surface area contributed by atoms with E-state index < -0.39 is 0 Å². The van der Waals surface area contributed by atoms with E-state index in [1.165, 1.54) is 12.8 Å². The Morgan fingerprint density at radius 3 is 2.79 bits per heavy atom. The van der Waals surface area contributed by atoms with Gasteiger partial charge in [0.05, 0.1) is 17.6 Å². The highest BCUT2D eigenvalue weighted by Crippen LogP contribution is 2.24. The second kappa shape index (κ2) is 5.72. The Hall–Kier alpha value is -1.39. The molecular formula is C14H16ClN3O. The Labute approximate surface area is 117 Å². The van der Waals surface area contributed by atoms with Crippen molar-refractivity contribution in [2.45, 2.75) is 12.8 Å². The van der Waals surface area contributed by atoms with E-state index in [-0.39, 0.29) is 0 Å². The fourth-order valence-electron chi connectivity index (χ4n) is 2.32. The van der Waals surface area contributed by atoms with Gasteiger partial charge in [-0.05, 0) is 31.5 Å². The minimum Gasteiger partial charge on any atom is -0.475 e. The maximum atomic E-state index is 6.11. The SMILES string of the molecule is Clc1nc2ccccc2nc1OC[C@H]1CCCNC1. The van der Waals surface area contributed by atoms with Crippen molar-refractivity contribution in [2.75, 3.05) is 19.7 Å². The fourth-order valence-corrected chi connectivity index (χ4v) is 2.51. The Morgan fingerprint density at radius 2 is 2.05 bits per heavy atom. The van der Waals surface area contributed by atoms with Crippen LogP contribution in [0.4, 0.5) is 0 Å². The summed E-state index contributed by atoms with van der Waals surface area (Å²) >= 11 is 6.11. The molecule has 1 aliphatic rings.